The number of nitrogens with zero attached hydrogens (tertiary/aromatic N) is 3. The molecule has 0 saturated carbocycles. The fourth-order valence-electron chi connectivity index (χ4n) is 4.04. The van der Waals surface area contributed by atoms with Crippen LogP contribution in [-0.2, 0) is 6.54 Å². The van der Waals surface area contributed by atoms with Crippen LogP contribution >= 0.6 is 0 Å². The zero-order chi connectivity index (χ0) is 20.1. The summed E-state index contributed by atoms with van der Waals surface area (Å²) < 4.78 is 7.66. The molecule has 0 bridgehead atoms. The second-order valence-electron chi connectivity index (χ2n) is 7.63. The van der Waals surface area contributed by atoms with Gasteiger partial charge in [0.05, 0.1) is 17.5 Å². The molecule has 0 atom stereocenters. The summed E-state index contributed by atoms with van der Waals surface area (Å²) in [7, 11) is 0. The number of ether oxygens (including phenoxy) is 1. The van der Waals surface area contributed by atoms with Crippen LogP contribution in [0.2, 0.25) is 0 Å². The number of piperidine rings is 1. The van der Waals surface area contributed by atoms with Crippen molar-refractivity contribution >= 4 is 10.9 Å². The van der Waals surface area contributed by atoms with E-state index in [4.69, 9.17) is 9.72 Å². The molecule has 0 radical (unpaired) electrons. The van der Waals surface area contributed by atoms with Crippen molar-refractivity contribution in [2.45, 2.75) is 39.2 Å². The first-order valence-corrected chi connectivity index (χ1v) is 10.7. The van der Waals surface area contributed by atoms with E-state index in [1.807, 2.05) is 55.5 Å². The molecule has 0 N–H and O–H groups in total. The molecule has 2 heterocycles. The molecular formula is C24H29N3O2. The summed E-state index contributed by atoms with van der Waals surface area (Å²) in [6, 6.07) is 15.4. The predicted molar refractivity (Wildman–Crippen MR) is 118 cm³/mol. The average Bonchev–Trinajstić information content (AvgIpc) is 2.78. The van der Waals surface area contributed by atoms with Gasteiger partial charge in [0.15, 0.2) is 0 Å². The quantitative estimate of drug-likeness (QED) is 0.562. The fourth-order valence-corrected chi connectivity index (χ4v) is 4.04. The topological polar surface area (TPSA) is 47.4 Å². The molecule has 1 aliphatic rings. The molecule has 29 heavy (non-hydrogen) atoms. The highest BCUT2D eigenvalue weighted by Gasteiger charge is 2.12. The van der Waals surface area contributed by atoms with E-state index in [0.29, 0.717) is 17.8 Å². The van der Waals surface area contributed by atoms with Crippen LogP contribution in [0.25, 0.3) is 22.3 Å². The lowest BCUT2D eigenvalue weighted by Gasteiger charge is -2.26. The monoisotopic (exact) mass is 391 g/mol. The first-order chi connectivity index (χ1) is 14.3. The highest BCUT2D eigenvalue weighted by molar-refractivity contribution is 5.79. The van der Waals surface area contributed by atoms with E-state index >= 15 is 0 Å². The molecule has 0 unspecified atom stereocenters. The molecule has 0 amide bonds. The fraction of sp³-hybridized carbons (Fsp3) is 0.417. The maximum absolute atomic E-state index is 12.8. The van der Waals surface area contributed by atoms with Crippen LogP contribution in [0.1, 0.15) is 32.6 Å². The molecule has 1 aromatic heterocycles. The predicted octanol–water partition coefficient (Wildman–Crippen LogP) is 4.34. The van der Waals surface area contributed by atoms with Gasteiger partial charge in [-0.15, -0.1) is 0 Å². The van der Waals surface area contributed by atoms with Crippen molar-refractivity contribution in [3.63, 3.8) is 0 Å². The number of likely N-dealkylation sites (tertiary alicyclic amines) is 1. The molecule has 0 aliphatic carbocycles. The van der Waals surface area contributed by atoms with Crippen molar-refractivity contribution in [3.8, 4) is 17.1 Å². The molecule has 1 fully saturated rings. The summed E-state index contributed by atoms with van der Waals surface area (Å²) in [4.78, 5) is 20.1. The molecule has 1 aliphatic heterocycles. The molecule has 0 spiro atoms. The van der Waals surface area contributed by atoms with Crippen LogP contribution in [0.3, 0.4) is 0 Å². The van der Waals surface area contributed by atoms with E-state index in [2.05, 4.69) is 4.90 Å². The van der Waals surface area contributed by atoms with Gasteiger partial charge in [-0.25, -0.2) is 4.98 Å². The number of para-hydroxylation sites is 1. The zero-order valence-corrected chi connectivity index (χ0v) is 17.1. The Morgan fingerprint density at radius 1 is 1.00 bits per heavy atom. The number of fused-ring (bicyclic) bond motifs is 1. The summed E-state index contributed by atoms with van der Waals surface area (Å²) in [6.07, 6.45) is 5.07. The number of rotatable bonds is 7. The molecule has 5 nitrogen and oxygen atoms in total. The first kappa shape index (κ1) is 19.6. The lowest BCUT2D eigenvalue weighted by Crippen LogP contribution is -2.31. The number of aromatic nitrogens is 2. The van der Waals surface area contributed by atoms with Gasteiger partial charge in [0.2, 0.25) is 0 Å². The Morgan fingerprint density at radius 2 is 1.76 bits per heavy atom. The minimum absolute atomic E-state index is 0.00568. The normalized spacial score (nSPS) is 14.9. The van der Waals surface area contributed by atoms with Crippen LogP contribution in [0, 0.1) is 0 Å². The van der Waals surface area contributed by atoms with Crippen molar-refractivity contribution in [2.24, 2.45) is 0 Å². The van der Waals surface area contributed by atoms with Gasteiger partial charge in [0.25, 0.3) is 5.56 Å². The van der Waals surface area contributed by atoms with Gasteiger partial charge in [-0.1, -0.05) is 18.6 Å². The molecule has 5 heteroatoms. The number of hydrogen-bond donors (Lipinski definition) is 0. The smallest absolute Gasteiger partial charge is 0.261 e. The van der Waals surface area contributed by atoms with E-state index in [9.17, 15) is 4.79 Å². The molecule has 1 saturated heterocycles. The van der Waals surface area contributed by atoms with E-state index in [1.54, 1.807) is 4.57 Å². The van der Waals surface area contributed by atoms with Gasteiger partial charge in [0.1, 0.15) is 11.6 Å². The third-order valence-corrected chi connectivity index (χ3v) is 5.63. The van der Waals surface area contributed by atoms with Gasteiger partial charge in [-0.3, -0.25) is 9.36 Å². The van der Waals surface area contributed by atoms with Gasteiger partial charge in [-0.05, 0) is 75.7 Å². The number of hydrogen-bond acceptors (Lipinski definition) is 4. The van der Waals surface area contributed by atoms with Gasteiger partial charge < -0.3 is 9.64 Å². The highest BCUT2D eigenvalue weighted by Crippen LogP contribution is 2.22. The minimum Gasteiger partial charge on any atom is -0.494 e. The average molecular weight is 392 g/mol. The lowest BCUT2D eigenvalue weighted by atomic mass is 10.1. The highest BCUT2D eigenvalue weighted by atomic mass is 16.5. The van der Waals surface area contributed by atoms with Gasteiger partial charge in [0, 0.05) is 18.7 Å². The minimum atomic E-state index is 0.00568. The van der Waals surface area contributed by atoms with E-state index in [0.717, 1.165) is 36.4 Å². The summed E-state index contributed by atoms with van der Waals surface area (Å²) >= 11 is 0. The maximum atomic E-state index is 12.8. The second-order valence-corrected chi connectivity index (χ2v) is 7.63. The Labute approximate surface area is 171 Å². The van der Waals surface area contributed by atoms with Crippen molar-refractivity contribution in [2.75, 3.05) is 26.2 Å². The van der Waals surface area contributed by atoms with Crippen LogP contribution in [0.4, 0.5) is 0 Å². The Balaban J connectivity index is 1.44. The molecule has 152 valence electrons. The van der Waals surface area contributed by atoms with Crippen molar-refractivity contribution in [1.82, 2.24) is 14.5 Å². The van der Waals surface area contributed by atoms with Gasteiger partial charge in [-0.2, -0.15) is 0 Å². The van der Waals surface area contributed by atoms with Crippen LogP contribution in [0.15, 0.2) is 53.3 Å². The molecule has 4 rings (SSSR count). The Hall–Kier alpha value is -2.66. The summed E-state index contributed by atoms with van der Waals surface area (Å²) in [5.74, 6) is 1.56. The first-order valence-electron chi connectivity index (χ1n) is 10.7. The lowest BCUT2D eigenvalue weighted by molar-refractivity contribution is 0.205. The van der Waals surface area contributed by atoms with Crippen molar-refractivity contribution in [1.29, 1.82) is 0 Å². The molecule has 3 aromatic rings. The summed E-state index contributed by atoms with van der Waals surface area (Å²) in [5, 5.41) is 0.659. The maximum Gasteiger partial charge on any atom is 0.261 e. The van der Waals surface area contributed by atoms with E-state index in [1.165, 1.54) is 32.4 Å². The zero-order valence-electron chi connectivity index (χ0n) is 17.1. The third-order valence-electron chi connectivity index (χ3n) is 5.63. The SMILES string of the molecule is CCn1c(-c2ccc(OCCCN3CCCCC3)cc2)nc2ccccc2c1=O. The van der Waals surface area contributed by atoms with Crippen molar-refractivity contribution in [3.05, 3.63) is 58.9 Å². The van der Waals surface area contributed by atoms with E-state index in [-0.39, 0.29) is 5.56 Å². The Bertz CT molecular complexity index is 1000. The van der Waals surface area contributed by atoms with Gasteiger partial charge >= 0.3 is 0 Å². The third kappa shape index (κ3) is 4.51. The standard InChI is InChI=1S/C24H29N3O2/c1-2-27-23(25-22-10-5-4-9-21(22)24(27)28)19-11-13-20(14-12-19)29-18-8-17-26-15-6-3-7-16-26/h4-5,9-14H,2-3,6-8,15-18H2,1H3. The van der Waals surface area contributed by atoms with Crippen LogP contribution in [0.5, 0.6) is 5.75 Å². The number of benzene rings is 2. The van der Waals surface area contributed by atoms with Crippen molar-refractivity contribution < 1.29 is 4.74 Å². The van der Waals surface area contributed by atoms with Crippen LogP contribution < -0.4 is 10.3 Å². The summed E-state index contributed by atoms with van der Waals surface area (Å²) in [6.45, 7) is 6.85. The Kier molecular flexibility index (Phi) is 6.25. The molecular weight excluding hydrogens is 362 g/mol. The second kappa shape index (κ2) is 9.23. The molecule has 2 aromatic carbocycles. The summed E-state index contributed by atoms with van der Waals surface area (Å²) in [5.41, 5.74) is 1.66. The van der Waals surface area contributed by atoms with E-state index < -0.39 is 0 Å². The van der Waals surface area contributed by atoms with Crippen LogP contribution in [-0.4, -0.2) is 40.7 Å². The Morgan fingerprint density at radius 3 is 2.52 bits per heavy atom. The largest absolute Gasteiger partial charge is 0.494 e.